The maximum atomic E-state index is 12.6. The minimum atomic E-state index is -0.0121. The van der Waals surface area contributed by atoms with E-state index in [9.17, 15) is 4.79 Å². The monoisotopic (exact) mass is 406 g/mol. The second-order valence-corrected chi connectivity index (χ2v) is 9.81. The standard InChI is InChI=1S/C20H30N4OS2/c1-12(2)10-21-19-23-24-20(27-19)26-11-17(25)22-18-15(13(3)4)8-7-9-16(18)14(5)6/h7-9,12-14H,10-11H2,1-6H3,(H,21,23)(H,22,25). The zero-order valence-electron chi connectivity index (χ0n) is 17.0. The third kappa shape index (κ3) is 6.50. The van der Waals surface area contributed by atoms with E-state index >= 15 is 0 Å². The van der Waals surface area contributed by atoms with Crippen molar-refractivity contribution >= 4 is 39.8 Å². The van der Waals surface area contributed by atoms with Gasteiger partial charge in [0.1, 0.15) is 0 Å². The van der Waals surface area contributed by atoms with Gasteiger partial charge < -0.3 is 10.6 Å². The number of rotatable bonds is 9. The maximum Gasteiger partial charge on any atom is 0.234 e. The highest BCUT2D eigenvalue weighted by Gasteiger charge is 2.16. The highest BCUT2D eigenvalue weighted by molar-refractivity contribution is 8.01. The number of nitrogens with zero attached hydrogens (tertiary/aromatic N) is 2. The third-order valence-electron chi connectivity index (χ3n) is 4.03. The van der Waals surface area contributed by atoms with E-state index in [2.05, 4.69) is 80.6 Å². The summed E-state index contributed by atoms with van der Waals surface area (Å²) in [5.41, 5.74) is 3.32. The summed E-state index contributed by atoms with van der Waals surface area (Å²) in [6.45, 7) is 13.8. The van der Waals surface area contributed by atoms with Crippen LogP contribution in [0.5, 0.6) is 0 Å². The van der Waals surface area contributed by atoms with Crippen molar-refractivity contribution in [3.05, 3.63) is 29.3 Å². The molecule has 1 heterocycles. The van der Waals surface area contributed by atoms with E-state index in [1.54, 1.807) is 0 Å². The molecule has 0 fully saturated rings. The maximum absolute atomic E-state index is 12.6. The van der Waals surface area contributed by atoms with Gasteiger partial charge in [-0.1, -0.05) is 82.8 Å². The highest BCUT2D eigenvalue weighted by Crippen LogP contribution is 2.33. The number of para-hydroxylation sites is 1. The normalized spacial score (nSPS) is 11.4. The lowest BCUT2D eigenvalue weighted by Crippen LogP contribution is -2.17. The van der Waals surface area contributed by atoms with E-state index in [0.717, 1.165) is 21.7 Å². The molecule has 7 heteroatoms. The predicted octanol–water partition coefficient (Wildman–Crippen LogP) is 5.58. The van der Waals surface area contributed by atoms with Crippen LogP contribution in [0, 0.1) is 5.92 Å². The number of carbonyl (C=O) groups excluding carboxylic acids is 1. The van der Waals surface area contributed by atoms with E-state index in [0.29, 0.717) is 23.5 Å². The van der Waals surface area contributed by atoms with Crippen molar-refractivity contribution in [2.45, 2.75) is 57.7 Å². The summed E-state index contributed by atoms with van der Waals surface area (Å²) in [6, 6.07) is 6.26. The SMILES string of the molecule is CC(C)CNc1nnc(SCC(=O)Nc2c(C(C)C)cccc2C(C)C)s1. The Hall–Kier alpha value is -1.60. The van der Waals surface area contributed by atoms with Crippen LogP contribution in [0.1, 0.15) is 64.5 Å². The van der Waals surface area contributed by atoms with E-state index < -0.39 is 0 Å². The van der Waals surface area contributed by atoms with Crippen LogP contribution in [0.3, 0.4) is 0 Å². The molecule has 2 aromatic rings. The Kier molecular flexibility index (Phi) is 8.10. The molecule has 0 aliphatic heterocycles. The van der Waals surface area contributed by atoms with Gasteiger partial charge in [-0.05, 0) is 28.9 Å². The molecule has 1 aromatic heterocycles. The summed E-state index contributed by atoms with van der Waals surface area (Å²) in [7, 11) is 0. The van der Waals surface area contributed by atoms with E-state index in [1.165, 1.54) is 34.2 Å². The Balaban J connectivity index is 2.00. The summed E-state index contributed by atoms with van der Waals surface area (Å²) in [5, 5.41) is 15.5. The quantitative estimate of drug-likeness (QED) is 0.532. The van der Waals surface area contributed by atoms with Crippen LogP contribution in [-0.4, -0.2) is 28.4 Å². The molecule has 1 amide bonds. The minimum absolute atomic E-state index is 0.0121. The second-order valence-electron chi connectivity index (χ2n) is 7.61. The van der Waals surface area contributed by atoms with E-state index in [-0.39, 0.29) is 5.91 Å². The Morgan fingerprint density at radius 3 is 2.26 bits per heavy atom. The van der Waals surface area contributed by atoms with Gasteiger partial charge in [0.05, 0.1) is 5.75 Å². The molecule has 1 aromatic carbocycles. The number of thioether (sulfide) groups is 1. The first-order valence-electron chi connectivity index (χ1n) is 9.40. The molecule has 0 radical (unpaired) electrons. The first-order valence-corrected chi connectivity index (χ1v) is 11.2. The van der Waals surface area contributed by atoms with Gasteiger partial charge in [-0.25, -0.2) is 0 Å². The van der Waals surface area contributed by atoms with Gasteiger partial charge in [-0.3, -0.25) is 4.79 Å². The van der Waals surface area contributed by atoms with Gasteiger partial charge in [0, 0.05) is 12.2 Å². The Morgan fingerprint density at radius 1 is 1.07 bits per heavy atom. The van der Waals surface area contributed by atoms with Crippen molar-refractivity contribution in [1.82, 2.24) is 10.2 Å². The molecule has 2 rings (SSSR count). The summed E-state index contributed by atoms with van der Waals surface area (Å²) in [5.74, 6) is 1.56. The zero-order chi connectivity index (χ0) is 20.0. The lowest BCUT2D eigenvalue weighted by Gasteiger charge is -2.20. The minimum Gasteiger partial charge on any atom is -0.360 e. The fourth-order valence-corrected chi connectivity index (χ4v) is 4.19. The molecule has 0 aliphatic carbocycles. The highest BCUT2D eigenvalue weighted by atomic mass is 32.2. The Bertz CT molecular complexity index is 730. The number of amides is 1. The molecule has 0 spiro atoms. The molecule has 0 saturated heterocycles. The summed E-state index contributed by atoms with van der Waals surface area (Å²) < 4.78 is 0.803. The van der Waals surface area contributed by atoms with E-state index in [4.69, 9.17) is 0 Å². The molecule has 0 bridgehead atoms. The number of nitrogens with one attached hydrogen (secondary N) is 2. The third-order valence-corrected chi connectivity index (χ3v) is 6.05. The predicted molar refractivity (Wildman–Crippen MR) is 117 cm³/mol. The average Bonchev–Trinajstić information content (AvgIpc) is 3.06. The largest absolute Gasteiger partial charge is 0.360 e. The first kappa shape index (κ1) is 21.7. The van der Waals surface area contributed by atoms with Crippen molar-refractivity contribution in [1.29, 1.82) is 0 Å². The summed E-state index contributed by atoms with van der Waals surface area (Å²) in [6.07, 6.45) is 0. The van der Waals surface area contributed by atoms with Gasteiger partial charge in [0.15, 0.2) is 4.34 Å². The smallest absolute Gasteiger partial charge is 0.234 e. The molecule has 148 valence electrons. The lowest BCUT2D eigenvalue weighted by atomic mass is 9.92. The summed E-state index contributed by atoms with van der Waals surface area (Å²) >= 11 is 2.91. The number of benzene rings is 1. The van der Waals surface area contributed by atoms with Crippen molar-refractivity contribution in [3.8, 4) is 0 Å². The van der Waals surface area contributed by atoms with Gasteiger partial charge in [-0.15, -0.1) is 10.2 Å². The van der Waals surface area contributed by atoms with Crippen LogP contribution in [0.15, 0.2) is 22.5 Å². The fraction of sp³-hybridized carbons (Fsp3) is 0.550. The molecule has 0 unspecified atom stereocenters. The van der Waals surface area contributed by atoms with Crippen LogP contribution in [-0.2, 0) is 4.79 Å². The Labute approximate surface area is 170 Å². The molecule has 0 aliphatic rings. The first-order chi connectivity index (χ1) is 12.8. The van der Waals surface area contributed by atoms with Crippen molar-refractivity contribution in [3.63, 3.8) is 0 Å². The number of hydrogen-bond donors (Lipinski definition) is 2. The second kappa shape index (κ2) is 10.1. The van der Waals surface area contributed by atoms with E-state index in [1.807, 2.05) is 0 Å². The fourth-order valence-electron chi connectivity index (χ4n) is 2.63. The van der Waals surface area contributed by atoms with Crippen molar-refractivity contribution in [2.24, 2.45) is 5.92 Å². The van der Waals surface area contributed by atoms with Crippen molar-refractivity contribution < 1.29 is 4.79 Å². The molecule has 2 N–H and O–H groups in total. The van der Waals surface area contributed by atoms with Crippen LogP contribution in [0.25, 0.3) is 0 Å². The molecule has 0 saturated carbocycles. The van der Waals surface area contributed by atoms with Gasteiger partial charge in [0.25, 0.3) is 0 Å². The number of anilines is 2. The van der Waals surface area contributed by atoms with Gasteiger partial charge in [-0.2, -0.15) is 0 Å². The van der Waals surface area contributed by atoms with Crippen LogP contribution in [0.2, 0.25) is 0 Å². The average molecular weight is 407 g/mol. The number of hydrogen-bond acceptors (Lipinski definition) is 6. The number of carbonyl (C=O) groups is 1. The Morgan fingerprint density at radius 2 is 1.70 bits per heavy atom. The lowest BCUT2D eigenvalue weighted by molar-refractivity contribution is -0.113. The van der Waals surface area contributed by atoms with Crippen molar-refractivity contribution in [2.75, 3.05) is 22.9 Å². The topological polar surface area (TPSA) is 66.9 Å². The molecule has 5 nitrogen and oxygen atoms in total. The van der Waals surface area contributed by atoms with Gasteiger partial charge >= 0.3 is 0 Å². The zero-order valence-corrected chi connectivity index (χ0v) is 18.6. The number of aromatic nitrogens is 2. The van der Waals surface area contributed by atoms with Crippen LogP contribution >= 0.6 is 23.1 Å². The van der Waals surface area contributed by atoms with Crippen LogP contribution in [0.4, 0.5) is 10.8 Å². The van der Waals surface area contributed by atoms with Gasteiger partial charge in [0.2, 0.25) is 11.0 Å². The summed E-state index contributed by atoms with van der Waals surface area (Å²) in [4.78, 5) is 12.6. The molecular weight excluding hydrogens is 376 g/mol. The molecule has 27 heavy (non-hydrogen) atoms. The molecule has 0 atom stereocenters. The van der Waals surface area contributed by atoms with Crippen LogP contribution < -0.4 is 10.6 Å². The molecular formula is C20H30N4OS2.